The summed E-state index contributed by atoms with van der Waals surface area (Å²) in [5, 5.41) is 0. The van der Waals surface area contributed by atoms with Crippen molar-refractivity contribution in [1.29, 1.82) is 0 Å². The van der Waals surface area contributed by atoms with Gasteiger partial charge in [-0.1, -0.05) is 0 Å². The molecule has 0 unspecified atom stereocenters. The fraction of sp³-hybridized carbons (Fsp3) is 0.286. The minimum Gasteiger partial charge on any atom is -0.494 e. The first kappa shape index (κ1) is 13.2. The predicted octanol–water partition coefficient (Wildman–Crippen LogP) is 2.57. The van der Waals surface area contributed by atoms with Crippen LogP contribution < -0.4 is 16.0 Å². The van der Waals surface area contributed by atoms with E-state index in [4.69, 9.17) is 10.6 Å². The van der Waals surface area contributed by atoms with Crippen molar-refractivity contribution in [1.82, 2.24) is 9.97 Å². The number of ether oxygens (including phenoxy) is 1. The first-order chi connectivity index (χ1) is 9.81. The molecule has 6 heteroatoms. The van der Waals surface area contributed by atoms with Gasteiger partial charge in [-0.05, 0) is 31.2 Å². The molecule has 104 valence electrons. The summed E-state index contributed by atoms with van der Waals surface area (Å²) >= 11 is 1.83. The van der Waals surface area contributed by atoms with E-state index in [0.29, 0.717) is 12.4 Å². The molecule has 2 aromatic rings. The Balaban J connectivity index is 1.97. The zero-order valence-electron chi connectivity index (χ0n) is 11.2. The first-order valence-electron chi connectivity index (χ1n) is 6.49. The number of hydrazine groups is 1. The number of anilines is 1. The van der Waals surface area contributed by atoms with Crippen LogP contribution in [0.2, 0.25) is 0 Å². The standard InChI is InChI=1S/C14H16N4OS/c1-2-19-10-5-3-9(4-6-10)13-16-12-8-20-7-11(12)14(17-13)18-15/h3-6H,2,7-8,15H2,1H3,(H,16,17,18). The number of aromatic nitrogens is 2. The Hall–Kier alpha value is -1.79. The van der Waals surface area contributed by atoms with Crippen LogP contribution >= 0.6 is 11.8 Å². The fourth-order valence-electron chi connectivity index (χ4n) is 2.17. The molecule has 0 bridgehead atoms. The molecular formula is C14H16N4OS. The summed E-state index contributed by atoms with van der Waals surface area (Å²) in [6.45, 7) is 2.63. The molecule has 0 spiro atoms. The van der Waals surface area contributed by atoms with E-state index < -0.39 is 0 Å². The van der Waals surface area contributed by atoms with Gasteiger partial charge in [0.1, 0.15) is 11.6 Å². The highest BCUT2D eigenvalue weighted by molar-refractivity contribution is 7.98. The molecule has 5 nitrogen and oxygen atoms in total. The van der Waals surface area contributed by atoms with E-state index in [2.05, 4.69) is 15.4 Å². The molecule has 1 aromatic carbocycles. The number of thioether (sulfide) groups is 1. The first-order valence-corrected chi connectivity index (χ1v) is 7.64. The van der Waals surface area contributed by atoms with Crippen molar-refractivity contribution < 1.29 is 4.74 Å². The van der Waals surface area contributed by atoms with Crippen molar-refractivity contribution in [3.8, 4) is 17.1 Å². The maximum Gasteiger partial charge on any atom is 0.161 e. The van der Waals surface area contributed by atoms with Crippen LogP contribution in [0.25, 0.3) is 11.4 Å². The summed E-state index contributed by atoms with van der Waals surface area (Å²) < 4.78 is 5.44. The van der Waals surface area contributed by atoms with Crippen LogP contribution in [0.15, 0.2) is 24.3 Å². The lowest BCUT2D eigenvalue weighted by molar-refractivity contribution is 0.340. The van der Waals surface area contributed by atoms with Gasteiger partial charge < -0.3 is 10.2 Å². The normalized spacial score (nSPS) is 13.1. The molecule has 0 amide bonds. The SMILES string of the molecule is CCOc1ccc(-c2nc3c(c(NN)n2)CSC3)cc1. The van der Waals surface area contributed by atoms with Gasteiger partial charge >= 0.3 is 0 Å². The van der Waals surface area contributed by atoms with Crippen LogP contribution in [0.4, 0.5) is 5.82 Å². The van der Waals surface area contributed by atoms with Crippen LogP contribution in [0.5, 0.6) is 5.75 Å². The molecule has 0 saturated carbocycles. The van der Waals surface area contributed by atoms with Gasteiger partial charge in [-0.25, -0.2) is 15.8 Å². The zero-order chi connectivity index (χ0) is 13.9. The van der Waals surface area contributed by atoms with Crippen molar-refractivity contribution >= 4 is 17.6 Å². The summed E-state index contributed by atoms with van der Waals surface area (Å²) in [4.78, 5) is 9.15. The molecule has 1 aliphatic heterocycles. The third-order valence-corrected chi connectivity index (χ3v) is 4.11. The second-order valence-corrected chi connectivity index (χ2v) is 5.40. The summed E-state index contributed by atoms with van der Waals surface area (Å²) in [5.41, 5.74) is 5.83. The molecule has 1 aromatic heterocycles. The molecule has 3 N–H and O–H groups in total. The Bertz CT molecular complexity index is 615. The monoisotopic (exact) mass is 288 g/mol. The number of hydrogen-bond donors (Lipinski definition) is 2. The maximum absolute atomic E-state index is 5.56. The second kappa shape index (κ2) is 5.68. The summed E-state index contributed by atoms with van der Waals surface area (Å²) in [6, 6.07) is 7.80. The molecule has 20 heavy (non-hydrogen) atoms. The van der Waals surface area contributed by atoms with Gasteiger partial charge in [0, 0.05) is 22.6 Å². The average molecular weight is 288 g/mol. The zero-order valence-corrected chi connectivity index (χ0v) is 12.0. The van der Waals surface area contributed by atoms with E-state index in [1.165, 1.54) is 0 Å². The number of rotatable bonds is 4. The van der Waals surface area contributed by atoms with Gasteiger partial charge in [-0.15, -0.1) is 0 Å². The number of fused-ring (bicyclic) bond motifs is 1. The Labute approximate surface area is 121 Å². The van der Waals surface area contributed by atoms with Crippen LogP contribution in [0.3, 0.4) is 0 Å². The third kappa shape index (κ3) is 2.44. The van der Waals surface area contributed by atoms with E-state index in [9.17, 15) is 0 Å². The van der Waals surface area contributed by atoms with E-state index in [-0.39, 0.29) is 0 Å². The van der Waals surface area contributed by atoms with Gasteiger partial charge in [-0.3, -0.25) is 0 Å². The van der Waals surface area contributed by atoms with Crippen LogP contribution in [-0.2, 0) is 11.5 Å². The summed E-state index contributed by atoms with van der Waals surface area (Å²) in [5.74, 6) is 9.67. The Morgan fingerprint density at radius 2 is 2.05 bits per heavy atom. The number of nitrogen functional groups attached to an aromatic ring is 1. The highest BCUT2D eigenvalue weighted by Crippen LogP contribution is 2.34. The number of benzene rings is 1. The Morgan fingerprint density at radius 1 is 1.25 bits per heavy atom. The second-order valence-electron chi connectivity index (χ2n) is 4.42. The summed E-state index contributed by atoms with van der Waals surface area (Å²) in [6.07, 6.45) is 0. The lowest BCUT2D eigenvalue weighted by Gasteiger charge is -2.09. The minimum atomic E-state index is 0.660. The number of nitrogens with two attached hydrogens (primary N) is 1. The van der Waals surface area contributed by atoms with Crippen molar-refractivity contribution in [2.45, 2.75) is 18.4 Å². The molecular weight excluding hydrogens is 272 g/mol. The van der Waals surface area contributed by atoms with Crippen molar-refractivity contribution in [2.24, 2.45) is 5.84 Å². The highest BCUT2D eigenvalue weighted by Gasteiger charge is 2.19. The van der Waals surface area contributed by atoms with E-state index in [0.717, 1.165) is 39.9 Å². The molecule has 0 radical (unpaired) electrons. The van der Waals surface area contributed by atoms with E-state index in [1.54, 1.807) is 0 Å². The minimum absolute atomic E-state index is 0.660. The lowest BCUT2D eigenvalue weighted by Crippen LogP contribution is -2.12. The van der Waals surface area contributed by atoms with E-state index >= 15 is 0 Å². The average Bonchev–Trinajstić information content (AvgIpc) is 2.95. The molecule has 1 aliphatic rings. The highest BCUT2D eigenvalue weighted by atomic mass is 32.2. The van der Waals surface area contributed by atoms with Crippen molar-refractivity contribution in [3.05, 3.63) is 35.5 Å². The predicted molar refractivity (Wildman–Crippen MR) is 81.4 cm³/mol. The van der Waals surface area contributed by atoms with Gasteiger partial charge in [0.25, 0.3) is 0 Å². The molecule has 3 rings (SSSR count). The van der Waals surface area contributed by atoms with Crippen molar-refractivity contribution in [2.75, 3.05) is 12.0 Å². The molecule has 0 atom stereocenters. The quantitative estimate of drug-likeness (QED) is 0.665. The Kier molecular flexibility index (Phi) is 3.75. The van der Waals surface area contributed by atoms with Gasteiger partial charge in [0.05, 0.1) is 12.3 Å². The van der Waals surface area contributed by atoms with Crippen LogP contribution in [0, 0.1) is 0 Å². The topological polar surface area (TPSA) is 73.1 Å². The molecule has 0 fully saturated rings. The lowest BCUT2D eigenvalue weighted by atomic mass is 10.2. The summed E-state index contributed by atoms with van der Waals surface area (Å²) in [7, 11) is 0. The molecule has 2 heterocycles. The number of nitrogens with one attached hydrogen (secondary N) is 1. The van der Waals surface area contributed by atoms with Gasteiger partial charge in [0.15, 0.2) is 5.82 Å². The number of hydrogen-bond acceptors (Lipinski definition) is 6. The van der Waals surface area contributed by atoms with Gasteiger partial charge in [0.2, 0.25) is 0 Å². The third-order valence-electron chi connectivity index (χ3n) is 3.14. The molecule has 0 aliphatic carbocycles. The number of nitrogens with zero attached hydrogens (tertiary/aromatic N) is 2. The smallest absolute Gasteiger partial charge is 0.161 e. The van der Waals surface area contributed by atoms with Crippen molar-refractivity contribution in [3.63, 3.8) is 0 Å². The fourth-order valence-corrected chi connectivity index (χ4v) is 3.21. The largest absolute Gasteiger partial charge is 0.494 e. The van der Waals surface area contributed by atoms with Crippen LogP contribution in [0.1, 0.15) is 18.2 Å². The molecule has 0 saturated heterocycles. The van der Waals surface area contributed by atoms with Crippen LogP contribution in [-0.4, -0.2) is 16.6 Å². The van der Waals surface area contributed by atoms with E-state index in [1.807, 2.05) is 43.0 Å². The Morgan fingerprint density at radius 3 is 2.75 bits per heavy atom. The van der Waals surface area contributed by atoms with Gasteiger partial charge in [-0.2, -0.15) is 11.8 Å². The maximum atomic E-state index is 5.56.